The average molecular weight is 379 g/mol. The highest BCUT2D eigenvalue weighted by Crippen LogP contribution is 2.33. The topological polar surface area (TPSA) is 65.1 Å². The molecule has 2 rings (SSSR count). The van der Waals surface area contributed by atoms with Crippen LogP contribution in [0.2, 0.25) is 0 Å². The Morgan fingerprint density at radius 1 is 1.15 bits per heavy atom. The van der Waals surface area contributed by atoms with Crippen molar-refractivity contribution in [3.63, 3.8) is 0 Å². The van der Waals surface area contributed by atoms with Gasteiger partial charge in [0.05, 0.1) is 5.52 Å². The lowest BCUT2D eigenvalue weighted by Gasteiger charge is -2.24. The Morgan fingerprint density at radius 3 is 2.35 bits per heavy atom. The van der Waals surface area contributed by atoms with Gasteiger partial charge in [-0.05, 0) is 44.2 Å². The van der Waals surface area contributed by atoms with Crippen LogP contribution in [-0.2, 0) is 0 Å². The summed E-state index contributed by atoms with van der Waals surface area (Å²) < 4.78 is 1.69. The predicted molar refractivity (Wildman–Crippen MR) is 112 cm³/mol. The van der Waals surface area contributed by atoms with E-state index >= 15 is 0 Å². The first-order valence-electron chi connectivity index (χ1n) is 9.40. The van der Waals surface area contributed by atoms with Crippen LogP contribution in [0.25, 0.3) is 10.9 Å². The third-order valence-electron chi connectivity index (χ3n) is 4.98. The molecule has 5 heteroatoms. The first-order valence-corrected chi connectivity index (χ1v) is 9.40. The number of carbonyl (C=O) groups excluding carboxylic acids is 1. The minimum Gasteiger partial charge on any atom is -0.365 e. The molecule has 1 unspecified atom stereocenters. The molecule has 0 bridgehead atoms. The van der Waals surface area contributed by atoms with Crippen LogP contribution in [0.4, 0.5) is 0 Å². The van der Waals surface area contributed by atoms with Gasteiger partial charge in [0.2, 0.25) is 0 Å². The van der Waals surface area contributed by atoms with Crippen LogP contribution < -0.4 is 11.3 Å². The van der Waals surface area contributed by atoms with Crippen molar-refractivity contribution >= 4 is 29.2 Å². The van der Waals surface area contributed by atoms with Gasteiger partial charge in [0.1, 0.15) is 5.56 Å². The number of nitrogens with zero attached hydrogens (tertiary/aromatic N) is 1. The van der Waals surface area contributed by atoms with Gasteiger partial charge in [-0.2, -0.15) is 0 Å². The summed E-state index contributed by atoms with van der Waals surface area (Å²) >= 11 is 0. The van der Waals surface area contributed by atoms with Gasteiger partial charge in [0.25, 0.3) is 11.5 Å². The van der Waals surface area contributed by atoms with Crippen LogP contribution in [0.15, 0.2) is 29.1 Å². The van der Waals surface area contributed by atoms with E-state index in [1.807, 2.05) is 38.1 Å². The molecule has 1 aromatic carbocycles. The number of primary amides is 1. The number of carbonyl (C=O) groups is 1. The summed E-state index contributed by atoms with van der Waals surface area (Å²) in [5, 5.41) is 0.980. The van der Waals surface area contributed by atoms with Crippen molar-refractivity contribution in [3.05, 3.63) is 45.7 Å². The van der Waals surface area contributed by atoms with Crippen molar-refractivity contribution in [1.82, 2.24) is 4.57 Å². The van der Waals surface area contributed by atoms with Crippen LogP contribution in [0.3, 0.4) is 0 Å². The van der Waals surface area contributed by atoms with Gasteiger partial charge in [0.15, 0.2) is 0 Å². The third-order valence-corrected chi connectivity index (χ3v) is 4.98. The van der Waals surface area contributed by atoms with E-state index in [4.69, 9.17) is 5.73 Å². The Hall–Kier alpha value is -1.81. The highest BCUT2D eigenvalue weighted by molar-refractivity contribution is 5.99. The van der Waals surface area contributed by atoms with E-state index in [2.05, 4.69) is 13.8 Å². The summed E-state index contributed by atoms with van der Waals surface area (Å²) in [6.07, 6.45) is 5.26. The lowest BCUT2D eigenvalue weighted by atomic mass is 9.85. The molecule has 0 spiro atoms. The van der Waals surface area contributed by atoms with Gasteiger partial charge in [-0.25, -0.2) is 0 Å². The molecule has 0 radical (unpaired) electrons. The van der Waals surface area contributed by atoms with Gasteiger partial charge in [-0.1, -0.05) is 51.3 Å². The number of aromatic nitrogens is 1. The molecule has 0 aliphatic heterocycles. The van der Waals surface area contributed by atoms with Crippen molar-refractivity contribution < 1.29 is 4.79 Å². The Balaban J connectivity index is 0.00000338. The fourth-order valence-corrected chi connectivity index (χ4v) is 3.76. The number of halogens is 1. The van der Waals surface area contributed by atoms with Crippen molar-refractivity contribution in [2.24, 2.45) is 5.73 Å². The predicted octanol–water partition coefficient (Wildman–Crippen LogP) is 5.18. The Labute approximate surface area is 162 Å². The zero-order chi connectivity index (χ0) is 18.6. The molecule has 0 saturated heterocycles. The number of hydrogen-bond acceptors (Lipinski definition) is 2. The molecule has 144 valence electrons. The van der Waals surface area contributed by atoms with Crippen LogP contribution in [0.5, 0.6) is 0 Å². The van der Waals surface area contributed by atoms with Gasteiger partial charge in [0, 0.05) is 11.4 Å². The number of rotatable bonds is 8. The Bertz CT molecular complexity index is 811. The largest absolute Gasteiger partial charge is 0.365 e. The number of fused-ring (bicyclic) bond motifs is 1. The first kappa shape index (κ1) is 22.2. The van der Waals surface area contributed by atoms with Crippen molar-refractivity contribution in [3.8, 4) is 0 Å². The maximum Gasteiger partial charge on any atom is 0.264 e. The van der Waals surface area contributed by atoms with Crippen LogP contribution in [0.1, 0.15) is 87.7 Å². The standard InChI is InChI=1S/C21H30N2O2.ClH/c1-5-7-8-11-15(6-2)18-16-12-9-10-13-17(16)23(14(3)4)21(25)19(18)20(22)24;/h9-10,12-15H,5-8,11H2,1-4H3,(H2,22,24);1H. The highest BCUT2D eigenvalue weighted by Gasteiger charge is 2.25. The van der Waals surface area contributed by atoms with Crippen LogP contribution in [-0.4, -0.2) is 10.5 Å². The fraction of sp³-hybridized carbons (Fsp3) is 0.524. The number of nitrogens with two attached hydrogens (primary N) is 1. The van der Waals surface area contributed by atoms with Crippen molar-refractivity contribution in [1.29, 1.82) is 0 Å². The second-order valence-electron chi connectivity index (χ2n) is 7.04. The number of amides is 1. The van der Waals surface area contributed by atoms with Gasteiger partial charge in [-0.15, -0.1) is 12.4 Å². The number of para-hydroxylation sites is 1. The second kappa shape index (κ2) is 9.77. The number of benzene rings is 1. The van der Waals surface area contributed by atoms with E-state index in [1.54, 1.807) is 4.57 Å². The summed E-state index contributed by atoms with van der Waals surface area (Å²) in [5.41, 5.74) is 7.32. The molecule has 0 saturated carbocycles. The van der Waals surface area contributed by atoms with E-state index in [1.165, 1.54) is 0 Å². The quantitative estimate of drug-likeness (QED) is 0.643. The molecule has 26 heavy (non-hydrogen) atoms. The van der Waals surface area contributed by atoms with Gasteiger partial charge in [-0.3, -0.25) is 9.59 Å². The zero-order valence-corrected chi connectivity index (χ0v) is 17.1. The van der Waals surface area contributed by atoms with E-state index in [0.717, 1.165) is 48.6 Å². The normalized spacial score (nSPS) is 12.2. The minimum absolute atomic E-state index is 0. The monoisotopic (exact) mass is 378 g/mol. The Morgan fingerprint density at radius 2 is 1.81 bits per heavy atom. The molecule has 1 heterocycles. The molecule has 1 atom stereocenters. The summed E-state index contributed by atoms with van der Waals surface area (Å²) in [6.45, 7) is 8.20. The third kappa shape index (κ3) is 4.29. The lowest BCUT2D eigenvalue weighted by Crippen LogP contribution is -2.33. The summed E-state index contributed by atoms with van der Waals surface area (Å²) in [5.74, 6) is -0.442. The maximum absolute atomic E-state index is 13.1. The average Bonchev–Trinajstić information content (AvgIpc) is 2.57. The summed E-state index contributed by atoms with van der Waals surface area (Å²) in [6, 6.07) is 7.84. The fourth-order valence-electron chi connectivity index (χ4n) is 3.76. The first-order chi connectivity index (χ1) is 11.9. The lowest BCUT2D eigenvalue weighted by molar-refractivity contribution is 0.0997. The Kier molecular flexibility index (Phi) is 8.35. The van der Waals surface area contributed by atoms with Gasteiger partial charge < -0.3 is 10.3 Å². The molecule has 1 amide bonds. The van der Waals surface area contributed by atoms with Crippen molar-refractivity contribution in [2.75, 3.05) is 0 Å². The number of hydrogen-bond donors (Lipinski definition) is 1. The summed E-state index contributed by atoms with van der Waals surface area (Å²) in [4.78, 5) is 25.3. The molecule has 1 aromatic heterocycles. The second-order valence-corrected chi connectivity index (χ2v) is 7.04. The molecular formula is C21H31ClN2O2. The summed E-state index contributed by atoms with van der Waals surface area (Å²) in [7, 11) is 0. The minimum atomic E-state index is -0.617. The number of unbranched alkanes of at least 4 members (excludes halogenated alkanes) is 2. The molecule has 0 fully saturated rings. The molecule has 2 aromatic rings. The SMILES string of the molecule is CCCCCC(CC)c1c(C(N)=O)c(=O)n(C(C)C)c2ccccc12.Cl. The maximum atomic E-state index is 13.1. The molecular weight excluding hydrogens is 348 g/mol. The van der Waals surface area contributed by atoms with Crippen LogP contribution in [0, 0.1) is 0 Å². The van der Waals surface area contributed by atoms with E-state index in [9.17, 15) is 9.59 Å². The van der Waals surface area contributed by atoms with E-state index in [0.29, 0.717) is 0 Å². The molecule has 2 N–H and O–H groups in total. The highest BCUT2D eigenvalue weighted by atomic mass is 35.5. The smallest absolute Gasteiger partial charge is 0.264 e. The molecule has 0 aliphatic rings. The van der Waals surface area contributed by atoms with Gasteiger partial charge >= 0.3 is 0 Å². The van der Waals surface area contributed by atoms with Crippen LogP contribution >= 0.6 is 12.4 Å². The van der Waals surface area contributed by atoms with E-state index in [-0.39, 0.29) is 35.5 Å². The molecule has 0 aliphatic carbocycles. The van der Waals surface area contributed by atoms with Crippen molar-refractivity contribution in [2.45, 2.75) is 71.8 Å². The number of pyridine rings is 1. The zero-order valence-electron chi connectivity index (χ0n) is 16.2. The van der Waals surface area contributed by atoms with E-state index < -0.39 is 5.91 Å². The molecule has 4 nitrogen and oxygen atoms in total.